The first-order valence-corrected chi connectivity index (χ1v) is 10.7. The first-order valence-electron chi connectivity index (χ1n) is 9.04. The number of hydrogen-bond acceptors (Lipinski definition) is 6. The van der Waals surface area contributed by atoms with Gasteiger partial charge in [0.2, 0.25) is 0 Å². The van der Waals surface area contributed by atoms with Crippen LogP contribution in [0.2, 0.25) is 0 Å². The van der Waals surface area contributed by atoms with Gasteiger partial charge >= 0.3 is 0 Å². The lowest BCUT2D eigenvalue weighted by molar-refractivity contribution is 0.278. The number of nitrogens with zero attached hydrogens (tertiary/aromatic N) is 3. The van der Waals surface area contributed by atoms with Crippen molar-refractivity contribution in [2.24, 2.45) is 4.99 Å². The minimum absolute atomic E-state index is 0.0281. The van der Waals surface area contributed by atoms with E-state index in [1.165, 1.54) is 0 Å². The molecule has 1 aromatic heterocycles. The van der Waals surface area contributed by atoms with E-state index in [1.54, 1.807) is 7.11 Å². The lowest BCUT2D eigenvalue weighted by Gasteiger charge is -2.29. The molecule has 0 amide bonds. The van der Waals surface area contributed by atoms with Crippen LogP contribution in [0.4, 0.5) is 0 Å². The molecule has 0 unspecified atom stereocenters. The zero-order chi connectivity index (χ0) is 19.0. The van der Waals surface area contributed by atoms with Crippen LogP contribution >= 0.6 is 27.7 Å². The topological polar surface area (TPSA) is 47.0 Å². The molecule has 3 atom stereocenters. The second-order valence-electron chi connectivity index (χ2n) is 6.60. The van der Waals surface area contributed by atoms with Crippen molar-refractivity contribution in [3.63, 3.8) is 0 Å². The third-order valence-corrected chi connectivity index (χ3v) is 6.32. The van der Waals surface area contributed by atoms with Crippen molar-refractivity contribution in [3.05, 3.63) is 52.3 Å². The van der Waals surface area contributed by atoms with Gasteiger partial charge in [-0.1, -0.05) is 40.7 Å². The number of methoxy groups -OCH3 is 1. The second kappa shape index (κ2) is 7.72. The number of halogens is 1. The number of amidine groups is 1. The molecular weight excluding hydrogens is 426 g/mol. The van der Waals surface area contributed by atoms with Gasteiger partial charge in [0.05, 0.1) is 25.5 Å². The molecule has 142 valence electrons. The Kier molecular flexibility index (Phi) is 5.32. The fourth-order valence-corrected chi connectivity index (χ4v) is 5.26. The molecule has 0 spiro atoms. The van der Waals surface area contributed by atoms with Crippen molar-refractivity contribution in [2.75, 3.05) is 20.3 Å². The summed E-state index contributed by atoms with van der Waals surface area (Å²) < 4.78 is 12.6. The Labute approximate surface area is 172 Å². The predicted molar refractivity (Wildman–Crippen MR) is 113 cm³/mol. The van der Waals surface area contributed by atoms with E-state index in [0.29, 0.717) is 11.9 Å². The maximum Gasteiger partial charge on any atom is 0.166 e. The van der Waals surface area contributed by atoms with Crippen LogP contribution in [0.25, 0.3) is 0 Å². The summed E-state index contributed by atoms with van der Waals surface area (Å²) in [6.45, 7) is 5.76. The van der Waals surface area contributed by atoms with Crippen molar-refractivity contribution in [2.45, 2.75) is 31.2 Å². The van der Waals surface area contributed by atoms with Crippen LogP contribution in [0, 0.1) is 0 Å². The van der Waals surface area contributed by atoms with E-state index >= 15 is 0 Å². The zero-order valence-electron chi connectivity index (χ0n) is 15.6. The fourth-order valence-electron chi connectivity index (χ4n) is 3.71. The average molecular weight is 448 g/mol. The number of rotatable bonds is 5. The highest BCUT2D eigenvalue weighted by Gasteiger charge is 2.45. The molecule has 1 saturated heterocycles. The minimum Gasteiger partial charge on any atom is -0.493 e. The maximum absolute atomic E-state index is 6.04. The molecule has 0 saturated carbocycles. The van der Waals surface area contributed by atoms with Gasteiger partial charge in [-0.15, -0.1) is 0 Å². The fraction of sp³-hybridized carbons (Fsp3) is 0.400. The Morgan fingerprint density at radius 1 is 1.33 bits per heavy atom. The SMILES string of the molecule is CCOc1c(OC)cc(Br)cc1[C@@H]1[C@H](c2ccccn2)N=C2S[C@H](C)CN21. The molecule has 2 aromatic rings. The highest BCUT2D eigenvalue weighted by Crippen LogP contribution is 2.51. The molecular formula is C20H22BrN3O2S. The average Bonchev–Trinajstić information content (AvgIpc) is 3.19. The standard InChI is InChI=1S/C20H22BrN3O2S/c1-4-26-19-14(9-13(21)10-16(19)25-3)18-17(15-7-5-6-8-22-15)23-20-24(18)11-12(2)27-20/h5-10,12,17-18H,4,11H2,1-3H3/t12-,17+,18-/m1/s1. The molecule has 7 heteroatoms. The molecule has 3 heterocycles. The number of fused-ring (bicyclic) bond motifs is 1. The van der Waals surface area contributed by atoms with E-state index in [2.05, 4.69) is 38.8 Å². The number of aliphatic imine (C=N–C) groups is 1. The summed E-state index contributed by atoms with van der Waals surface area (Å²) in [6.07, 6.45) is 1.83. The molecule has 0 radical (unpaired) electrons. The molecule has 5 nitrogen and oxygen atoms in total. The first-order chi connectivity index (χ1) is 13.1. The highest BCUT2D eigenvalue weighted by atomic mass is 79.9. The van der Waals surface area contributed by atoms with Gasteiger partial charge in [-0.2, -0.15) is 0 Å². The maximum atomic E-state index is 6.04. The van der Waals surface area contributed by atoms with E-state index in [9.17, 15) is 0 Å². The Balaban J connectivity index is 1.86. The molecule has 2 aliphatic rings. The van der Waals surface area contributed by atoms with Crippen molar-refractivity contribution < 1.29 is 9.47 Å². The minimum atomic E-state index is -0.0700. The monoisotopic (exact) mass is 447 g/mol. The van der Waals surface area contributed by atoms with Crippen molar-refractivity contribution in [3.8, 4) is 11.5 Å². The quantitative estimate of drug-likeness (QED) is 0.655. The highest BCUT2D eigenvalue weighted by molar-refractivity contribution is 9.10. The number of hydrogen-bond donors (Lipinski definition) is 0. The van der Waals surface area contributed by atoms with E-state index < -0.39 is 0 Å². The summed E-state index contributed by atoms with van der Waals surface area (Å²) in [7, 11) is 1.68. The summed E-state index contributed by atoms with van der Waals surface area (Å²) in [5.74, 6) is 1.52. The van der Waals surface area contributed by atoms with E-state index in [0.717, 1.165) is 38.9 Å². The van der Waals surface area contributed by atoms with Crippen molar-refractivity contribution in [1.82, 2.24) is 9.88 Å². The van der Waals surface area contributed by atoms with Crippen LogP contribution in [0.5, 0.6) is 11.5 Å². The largest absolute Gasteiger partial charge is 0.493 e. The predicted octanol–water partition coefficient (Wildman–Crippen LogP) is 4.84. The number of aromatic nitrogens is 1. The van der Waals surface area contributed by atoms with Gasteiger partial charge < -0.3 is 14.4 Å². The summed E-state index contributed by atoms with van der Waals surface area (Å²) >= 11 is 5.47. The number of thioether (sulfide) groups is 1. The first kappa shape index (κ1) is 18.6. The molecule has 0 aliphatic carbocycles. The van der Waals surface area contributed by atoms with Crippen LogP contribution in [-0.2, 0) is 0 Å². The Morgan fingerprint density at radius 3 is 2.89 bits per heavy atom. The van der Waals surface area contributed by atoms with Gasteiger partial charge in [0.25, 0.3) is 0 Å². The summed E-state index contributed by atoms with van der Waals surface area (Å²) in [4.78, 5) is 12.0. The molecule has 1 aromatic carbocycles. The lowest BCUT2D eigenvalue weighted by atomic mass is 9.95. The Hall–Kier alpha value is -1.73. The van der Waals surface area contributed by atoms with Crippen molar-refractivity contribution in [1.29, 1.82) is 0 Å². The van der Waals surface area contributed by atoms with E-state index in [1.807, 2.05) is 49.1 Å². The molecule has 1 fully saturated rings. The van der Waals surface area contributed by atoms with E-state index in [-0.39, 0.29) is 12.1 Å². The number of benzene rings is 1. The number of ether oxygens (including phenoxy) is 2. The summed E-state index contributed by atoms with van der Waals surface area (Å²) in [5, 5.41) is 1.60. The van der Waals surface area contributed by atoms with E-state index in [4.69, 9.17) is 14.5 Å². The van der Waals surface area contributed by atoms with Gasteiger partial charge in [-0.3, -0.25) is 9.98 Å². The van der Waals surface area contributed by atoms with Crippen molar-refractivity contribution >= 4 is 32.9 Å². The van der Waals surface area contributed by atoms with Gasteiger partial charge in [0.1, 0.15) is 6.04 Å². The third-order valence-electron chi connectivity index (χ3n) is 4.76. The van der Waals surface area contributed by atoms with Gasteiger partial charge in [-0.25, -0.2) is 0 Å². The normalized spacial score (nSPS) is 23.9. The van der Waals surface area contributed by atoms with Crippen LogP contribution in [0.15, 0.2) is 46.0 Å². The van der Waals surface area contributed by atoms with Crippen LogP contribution in [0.1, 0.15) is 37.2 Å². The Bertz CT molecular complexity index is 862. The third kappa shape index (κ3) is 3.43. The second-order valence-corrected chi connectivity index (χ2v) is 8.92. The van der Waals surface area contributed by atoms with Gasteiger partial charge in [0.15, 0.2) is 16.7 Å². The zero-order valence-corrected chi connectivity index (χ0v) is 18.0. The molecule has 0 bridgehead atoms. The number of pyridine rings is 1. The smallest absolute Gasteiger partial charge is 0.166 e. The molecule has 2 aliphatic heterocycles. The molecule has 0 N–H and O–H groups in total. The molecule has 27 heavy (non-hydrogen) atoms. The summed E-state index contributed by atoms with van der Waals surface area (Å²) in [6, 6.07) is 10.0. The van der Waals surface area contributed by atoms with Gasteiger partial charge in [0, 0.05) is 28.0 Å². The van der Waals surface area contributed by atoms with Crippen LogP contribution in [0.3, 0.4) is 0 Å². The molecule has 4 rings (SSSR count). The Morgan fingerprint density at radius 2 is 2.19 bits per heavy atom. The summed E-state index contributed by atoms with van der Waals surface area (Å²) in [5.41, 5.74) is 2.05. The van der Waals surface area contributed by atoms with Gasteiger partial charge in [-0.05, 0) is 31.2 Å². The van der Waals surface area contributed by atoms with Crippen LogP contribution in [-0.4, -0.2) is 40.6 Å². The van der Waals surface area contributed by atoms with Crippen LogP contribution < -0.4 is 9.47 Å². The lowest BCUT2D eigenvalue weighted by Crippen LogP contribution is -2.29.